The number of hydrogen-bond acceptors (Lipinski definition) is 7. The van der Waals surface area contributed by atoms with E-state index in [9.17, 15) is 4.79 Å². The molecule has 2 rings (SSSR count). The molecule has 1 N–H and O–H groups in total. The number of hydrogen-bond donors (Lipinski definition) is 1. The van der Waals surface area contributed by atoms with Crippen molar-refractivity contribution in [3.63, 3.8) is 0 Å². The predicted octanol–water partition coefficient (Wildman–Crippen LogP) is 3.25. The molecule has 0 bridgehead atoms. The average molecular weight is 336 g/mol. The second kappa shape index (κ2) is 8.02. The molecular weight excluding hydrogens is 324 g/mol. The van der Waals surface area contributed by atoms with Crippen LogP contribution in [0.15, 0.2) is 32.9 Å². The third-order valence-corrected chi connectivity index (χ3v) is 5.33. The van der Waals surface area contributed by atoms with Gasteiger partial charge in [0, 0.05) is 5.69 Å². The standard InChI is InChI=1S/C13H12N4OS3/c1-2-19-12-16-17-13(21-12)20-8-11(18)15-10-5-3-4-9(6-10)7-14/h3-6H,2,8H2,1H3,(H,15,18). The van der Waals surface area contributed by atoms with Crippen molar-refractivity contribution in [2.24, 2.45) is 0 Å². The van der Waals surface area contributed by atoms with Crippen LogP contribution in [0.2, 0.25) is 0 Å². The number of amides is 1. The molecule has 1 aromatic carbocycles. The van der Waals surface area contributed by atoms with Crippen LogP contribution < -0.4 is 5.32 Å². The first-order valence-corrected chi connectivity index (χ1v) is 8.89. The Balaban J connectivity index is 1.85. The number of anilines is 1. The largest absolute Gasteiger partial charge is 0.325 e. The first-order valence-electron chi connectivity index (χ1n) is 6.10. The smallest absolute Gasteiger partial charge is 0.234 e. The Morgan fingerprint density at radius 3 is 2.86 bits per heavy atom. The lowest BCUT2D eigenvalue weighted by Crippen LogP contribution is -2.13. The fourth-order valence-corrected chi connectivity index (χ4v) is 4.15. The normalized spacial score (nSPS) is 10.1. The second-order valence-corrected chi connectivity index (χ2v) is 7.51. The summed E-state index contributed by atoms with van der Waals surface area (Å²) < 4.78 is 1.70. The van der Waals surface area contributed by atoms with E-state index < -0.39 is 0 Å². The zero-order chi connectivity index (χ0) is 15.1. The Hall–Kier alpha value is -1.56. The number of rotatable bonds is 6. The van der Waals surface area contributed by atoms with Crippen LogP contribution in [0.4, 0.5) is 5.69 Å². The first-order chi connectivity index (χ1) is 10.2. The van der Waals surface area contributed by atoms with E-state index in [1.54, 1.807) is 36.0 Å². The summed E-state index contributed by atoms with van der Waals surface area (Å²) in [5, 5.41) is 19.6. The molecule has 108 valence electrons. The highest BCUT2D eigenvalue weighted by Gasteiger charge is 2.08. The second-order valence-electron chi connectivity index (χ2n) is 3.80. The molecule has 0 radical (unpaired) electrons. The van der Waals surface area contributed by atoms with Crippen LogP contribution in [0, 0.1) is 11.3 Å². The van der Waals surface area contributed by atoms with Gasteiger partial charge in [0.05, 0.1) is 17.4 Å². The molecule has 1 heterocycles. The molecule has 0 spiro atoms. The maximum Gasteiger partial charge on any atom is 0.234 e. The molecule has 0 aliphatic heterocycles. The molecule has 21 heavy (non-hydrogen) atoms. The summed E-state index contributed by atoms with van der Waals surface area (Å²) in [7, 11) is 0. The van der Waals surface area contributed by atoms with Crippen molar-refractivity contribution in [2.75, 3.05) is 16.8 Å². The van der Waals surface area contributed by atoms with Gasteiger partial charge in [-0.25, -0.2) is 0 Å². The molecule has 5 nitrogen and oxygen atoms in total. The van der Waals surface area contributed by atoms with E-state index in [4.69, 9.17) is 5.26 Å². The molecule has 1 amide bonds. The first kappa shape index (κ1) is 15.8. The summed E-state index contributed by atoms with van der Waals surface area (Å²) in [4.78, 5) is 11.9. The van der Waals surface area contributed by atoms with E-state index in [1.807, 2.05) is 6.07 Å². The number of nitrogens with zero attached hydrogens (tertiary/aromatic N) is 3. The highest BCUT2D eigenvalue weighted by Crippen LogP contribution is 2.28. The van der Waals surface area contributed by atoms with Crippen LogP contribution in [0.25, 0.3) is 0 Å². The average Bonchev–Trinajstić information content (AvgIpc) is 2.93. The number of nitrogens with one attached hydrogen (secondary N) is 1. The Morgan fingerprint density at radius 2 is 2.14 bits per heavy atom. The number of thioether (sulfide) groups is 2. The Kier molecular flexibility index (Phi) is 6.04. The van der Waals surface area contributed by atoms with Crippen LogP contribution in [-0.4, -0.2) is 27.6 Å². The van der Waals surface area contributed by atoms with Gasteiger partial charge in [0.25, 0.3) is 0 Å². The lowest BCUT2D eigenvalue weighted by molar-refractivity contribution is -0.113. The van der Waals surface area contributed by atoms with E-state index in [0.717, 1.165) is 14.4 Å². The molecular formula is C13H12N4OS3. The minimum absolute atomic E-state index is 0.130. The van der Waals surface area contributed by atoms with E-state index in [0.29, 0.717) is 11.3 Å². The highest BCUT2D eigenvalue weighted by molar-refractivity contribution is 8.03. The van der Waals surface area contributed by atoms with Crippen LogP contribution in [-0.2, 0) is 4.79 Å². The molecule has 0 fully saturated rings. The number of carbonyl (C=O) groups excluding carboxylic acids is 1. The quantitative estimate of drug-likeness (QED) is 0.816. The number of nitriles is 1. The summed E-state index contributed by atoms with van der Waals surface area (Å²) >= 11 is 4.49. The van der Waals surface area contributed by atoms with Gasteiger partial charge in [-0.05, 0) is 24.0 Å². The van der Waals surface area contributed by atoms with Gasteiger partial charge in [0.1, 0.15) is 0 Å². The lowest BCUT2D eigenvalue weighted by Gasteiger charge is -2.03. The van der Waals surface area contributed by atoms with E-state index in [2.05, 4.69) is 22.4 Å². The van der Waals surface area contributed by atoms with Crippen molar-refractivity contribution in [3.05, 3.63) is 29.8 Å². The fraction of sp³-hybridized carbons (Fsp3) is 0.231. The van der Waals surface area contributed by atoms with Gasteiger partial charge < -0.3 is 5.32 Å². The highest BCUT2D eigenvalue weighted by atomic mass is 32.2. The van der Waals surface area contributed by atoms with Gasteiger partial charge in [0.2, 0.25) is 5.91 Å². The monoisotopic (exact) mass is 336 g/mol. The number of aromatic nitrogens is 2. The summed E-state index contributed by atoms with van der Waals surface area (Å²) in [6.07, 6.45) is 0. The van der Waals surface area contributed by atoms with Gasteiger partial charge in [-0.3, -0.25) is 4.79 Å². The van der Waals surface area contributed by atoms with Crippen LogP contribution in [0.5, 0.6) is 0 Å². The van der Waals surface area contributed by atoms with Crippen molar-refractivity contribution in [3.8, 4) is 6.07 Å². The SMILES string of the molecule is CCSc1nnc(SCC(=O)Nc2cccc(C#N)c2)s1. The van der Waals surface area contributed by atoms with Gasteiger partial charge in [0.15, 0.2) is 8.68 Å². The molecule has 0 aliphatic rings. The molecule has 0 atom stereocenters. The van der Waals surface area contributed by atoms with Crippen molar-refractivity contribution < 1.29 is 4.79 Å². The third-order valence-electron chi connectivity index (χ3n) is 2.26. The zero-order valence-electron chi connectivity index (χ0n) is 11.2. The van der Waals surface area contributed by atoms with Crippen molar-refractivity contribution in [2.45, 2.75) is 15.6 Å². The Bertz CT molecular complexity index is 665. The number of benzene rings is 1. The lowest BCUT2D eigenvalue weighted by atomic mass is 10.2. The molecule has 0 saturated heterocycles. The third kappa shape index (κ3) is 5.04. The van der Waals surface area contributed by atoms with E-state index >= 15 is 0 Å². The molecule has 8 heteroatoms. The van der Waals surface area contributed by atoms with Gasteiger partial charge >= 0.3 is 0 Å². The van der Waals surface area contributed by atoms with Gasteiger partial charge in [-0.15, -0.1) is 10.2 Å². The molecule has 0 unspecified atom stereocenters. The Morgan fingerprint density at radius 1 is 1.38 bits per heavy atom. The van der Waals surface area contributed by atoms with Gasteiger partial charge in [-0.1, -0.05) is 47.9 Å². The summed E-state index contributed by atoms with van der Waals surface area (Å²) in [6.45, 7) is 2.06. The maximum atomic E-state index is 11.9. The minimum Gasteiger partial charge on any atom is -0.325 e. The van der Waals surface area contributed by atoms with Gasteiger partial charge in [-0.2, -0.15) is 5.26 Å². The Labute approximate surface area is 135 Å². The van der Waals surface area contributed by atoms with Crippen LogP contribution in [0.1, 0.15) is 12.5 Å². The zero-order valence-corrected chi connectivity index (χ0v) is 13.6. The van der Waals surface area contributed by atoms with Crippen LogP contribution in [0.3, 0.4) is 0 Å². The van der Waals surface area contributed by atoms with E-state index in [1.165, 1.54) is 23.1 Å². The molecule has 2 aromatic rings. The topological polar surface area (TPSA) is 78.7 Å². The molecule has 1 aromatic heterocycles. The summed E-state index contributed by atoms with van der Waals surface area (Å²) in [6, 6.07) is 8.86. The molecule has 0 aliphatic carbocycles. The van der Waals surface area contributed by atoms with Crippen molar-refractivity contribution >= 4 is 46.5 Å². The number of carbonyl (C=O) groups is 1. The predicted molar refractivity (Wildman–Crippen MR) is 86.8 cm³/mol. The summed E-state index contributed by atoms with van der Waals surface area (Å²) in [5.74, 6) is 1.09. The maximum absolute atomic E-state index is 11.9. The molecule has 0 saturated carbocycles. The van der Waals surface area contributed by atoms with Crippen LogP contribution >= 0.6 is 34.9 Å². The minimum atomic E-state index is -0.130. The van der Waals surface area contributed by atoms with Crippen molar-refractivity contribution in [1.29, 1.82) is 5.26 Å². The fourth-order valence-electron chi connectivity index (χ4n) is 1.43. The van der Waals surface area contributed by atoms with Crippen molar-refractivity contribution in [1.82, 2.24) is 10.2 Å². The summed E-state index contributed by atoms with van der Waals surface area (Å²) in [5.41, 5.74) is 1.14. The van der Waals surface area contributed by atoms with E-state index in [-0.39, 0.29) is 11.7 Å².